The zero-order chi connectivity index (χ0) is 19.6. The van der Waals surface area contributed by atoms with Crippen molar-refractivity contribution < 1.29 is 22.0 Å². The zero-order valence-electron chi connectivity index (χ0n) is 18.6. The molecule has 0 bridgehead atoms. The minimum Gasteiger partial charge on any atom is -1.00 e. The highest BCUT2D eigenvalue weighted by atomic mass is 35.5. The molecule has 0 amide bonds. The van der Waals surface area contributed by atoms with Crippen LogP contribution < -0.4 is 12.4 Å². The van der Waals surface area contributed by atoms with E-state index in [1.165, 1.54) is 89.9 Å². The van der Waals surface area contributed by atoms with Crippen LogP contribution in [-0.4, -0.2) is 46.3 Å². The van der Waals surface area contributed by atoms with Gasteiger partial charge in [0, 0.05) is 0 Å². The van der Waals surface area contributed by atoms with Gasteiger partial charge in [-0.1, -0.05) is 84.0 Å². The summed E-state index contributed by atoms with van der Waals surface area (Å²) in [5.74, 6) is 0. The fourth-order valence-electron chi connectivity index (χ4n) is 3.98. The van der Waals surface area contributed by atoms with E-state index in [0.717, 1.165) is 29.8 Å². The number of H-pyrrole nitrogens is 1. The van der Waals surface area contributed by atoms with Crippen molar-refractivity contribution in [1.29, 1.82) is 0 Å². The van der Waals surface area contributed by atoms with Gasteiger partial charge in [-0.3, -0.25) is 0 Å². The van der Waals surface area contributed by atoms with E-state index in [1.807, 2.05) is 6.20 Å². The van der Waals surface area contributed by atoms with Gasteiger partial charge in [0.1, 0.15) is 13.1 Å². The van der Waals surface area contributed by atoms with Crippen molar-refractivity contribution in [2.24, 2.45) is 0 Å². The second-order valence-electron chi connectivity index (χ2n) is 8.62. The molecule has 5 heteroatoms. The average molecular weight is 416 g/mol. The molecule has 0 aliphatic heterocycles. The Labute approximate surface area is 180 Å². The summed E-state index contributed by atoms with van der Waals surface area (Å²) < 4.78 is 0.900. The SMILES string of the molecule is CCCCCCCCCCCCCCCC[N+](C)(CCO)Cc1cnc[nH]1.[Cl-]. The van der Waals surface area contributed by atoms with Gasteiger partial charge < -0.3 is 27.0 Å². The van der Waals surface area contributed by atoms with Gasteiger partial charge in [-0.15, -0.1) is 0 Å². The van der Waals surface area contributed by atoms with Crippen molar-refractivity contribution in [2.45, 2.75) is 103 Å². The van der Waals surface area contributed by atoms with Crippen LogP contribution in [0.25, 0.3) is 0 Å². The number of aromatic amines is 1. The minimum absolute atomic E-state index is 0. The molecule has 1 unspecified atom stereocenters. The first-order valence-electron chi connectivity index (χ1n) is 11.6. The molecule has 0 saturated carbocycles. The highest BCUT2D eigenvalue weighted by Gasteiger charge is 2.21. The maximum absolute atomic E-state index is 9.40. The molecule has 2 N–H and O–H groups in total. The maximum Gasteiger partial charge on any atom is 0.121 e. The van der Waals surface area contributed by atoms with E-state index in [-0.39, 0.29) is 19.0 Å². The molecule has 0 aliphatic carbocycles. The number of rotatable bonds is 19. The second kappa shape index (κ2) is 18.4. The third-order valence-electron chi connectivity index (χ3n) is 5.80. The van der Waals surface area contributed by atoms with Crippen LogP contribution in [-0.2, 0) is 6.54 Å². The monoisotopic (exact) mass is 415 g/mol. The lowest BCUT2D eigenvalue weighted by Gasteiger charge is -2.33. The molecule has 0 spiro atoms. The molecule has 0 aliphatic rings. The van der Waals surface area contributed by atoms with Gasteiger partial charge in [-0.25, -0.2) is 4.98 Å². The summed E-state index contributed by atoms with van der Waals surface area (Å²) in [7, 11) is 2.25. The zero-order valence-corrected chi connectivity index (χ0v) is 19.4. The van der Waals surface area contributed by atoms with Crippen molar-refractivity contribution in [3.05, 3.63) is 18.2 Å². The molecule has 0 radical (unpaired) electrons. The Balaban J connectivity index is 0.00000729. The van der Waals surface area contributed by atoms with Crippen molar-refractivity contribution in [3.63, 3.8) is 0 Å². The summed E-state index contributed by atoms with van der Waals surface area (Å²) in [6.45, 7) is 5.42. The number of nitrogens with one attached hydrogen (secondary N) is 1. The maximum atomic E-state index is 9.40. The van der Waals surface area contributed by atoms with E-state index < -0.39 is 0 Å². The lowest BCUT2D eigenvalue weighted by Crippen LogP contribution is -3.00. The molecule has 1 aromatic heterocycles. The summed E-state index contributed by atoms with van der Waals surface area (Å²) in [5, 5.41) is 9.40. The summed E-state index contributed by atoms with van der Waals surface area (Å²) >= 11 is 0. The van der Waals surface area contributed by atoms with E-state index in [4.69, 9.17) is 0 Å². The number of imidazole rings is 1. The fourth-order valence-corrected chi connectivity index (χ4v) is 3.98. The van der Waals surface area contributed by atoms with Gasteiger partial charge in [0.15, 0.2) is 0 Å². The largest absolute Gasteiger partial charge is 1.00 e. The molecule has 28 heavy (non-hydrogen) atoms. The van der Waals surface area contributed by atoms with Gasteiger partial charge in [-0.2, -0.15) is 0 Å². The number of nitrogens with zero attached hydrogens (tertiary/aromatic N) is 2. The third kappa shape index (κ3) is 14.4. The smallest absolute Gasteiger partial charge is 0.121 e. The summed E-state index contributed by atoms with van der Waals surface area (Å²) in [5.41, 5.74) is 1.16. The number of unbranched alkanes of at least 4 members (excludes halogenated alkanes) is 13. The van der Waals surface area contributed by atoms with Crippen molar-refractivity contribution >= 4 is 0 Å². The first-order valence-corrected chi connectivity index (χ1v) is 11.6. The molecular weight excluding hydrogens is 370 g/mol. The second-order valence-corrected chi connectivity index (χ2v) is 8.62. The van der Waals surface area contributed by atoms with Crippen LogP contribution in [0.3, 0.4) is 0 Å². The van der Waals surface area contributed by atoms with Gasteiger partial charge in [0.25, 0.3) is 0 Å². The molecule has 1 rings (SSSR count). The van der Waals surface area contributed by atoms with Crippen molar-refractivity contribution in [3.8, 4) is 0 Å². The van der Waals surface area contributed by atoms with Gasteiger partial charge in [0.05, 0.1) is 38.4 Å². The Morgan fingerprint density at radius 2 is 1.32 bits per heavy atom. The Bertz CT molecular complexity index is 427. The van der Waals surface area contributed by atoms with E-state index in [9.17, 15) is 5.11 Å². The van der Waals surface area contributed by atoms with Crippen LogP contribution in [0, 0.1) is 0 Å². The minimum atomic E-state index is 0. The molecule has 0 aromatic carbocycles. The highest BCUT2D eigenvalue weighted by Crippen LogP contribution is 2.15. The van der Waals surface area contributed by atoms with Gasteiger partial charge in [0.2, 0.25) is 0 Å². The Morgan fingerprint density at radius 3 is 1.75 bits per heavy atom. The number of halogens is 1. The number of aliphatic hydroxyl groups excluding tert-OH is 1. The van der Waals surface area contributed by atoms with Crippen LogP contribution >= 0.6 is 0 Å². The first-order chi connectivity index (χ1) is 13.2. The molecule has 1 heterocycles. The molecule has 1 atom stereocenters. The average Bonchev–Trinajstić information content (AvgIpc) is 3.15. The summed E-state index contributed by atoms with van der Waals surface area (Å²) in [4.78, 5) is 7.31. The predicted molar refractivity (Wildman–Crippen MR) is 116 cm³/mol. The fraction of sp³-hybridized carbons (Fsp3) is 0.870. The van der Waals surface area contributed by atoms with Crippen LogP contribution in [0.4, 0.5) is 0 Å². The van der Waals surface area contributed by atoms with Crippen LogP contribution in [0.2, 0.25) is 0 Å². The van der Waals surface area contributed by atoms with E-state index in [1.54, 1.807) is 6.33 Å². The quantitative estimate of drug-likeness (QED) is 0.269. The summed E-state index contributed by atoms with van der Waals surface area (Å²) in [6, 6.07) is 0. The van der Waals surface area contributed by atoms with E-state index in [0.29, 0.717) is 0 Å². The predicted octanol–water partition coefficient (Wildman–Crippen LogP) is 2.83. The van der Waals surface area contributed by atoms with E-state index >= 15 is 0 Å². The standard InChI is InChI=1S/C23H46N3O.ClH/c1-3-4-5-6-7-8-9-10-11-12-13-14-15-16-17-26(2,18-19-27)21-23-20-24-22-25-23;/h20,22,27H,3-19,21H2,1-2H3,(H,24,25);1H/q+1;/p-1. The lowest BCUT2D eigenvalue weighted by molar-refractivity contribution is -0.923. The molecule has 0 fully saturated rings. The third-order valence-corrected chi connectivity index (χ3v) is 5.80. The topological polar surface area (TPSA) is 48.9 Å². The van der Waals surface area contributed by atoms with Crippen molar-refractivity contribution in [2.75, 3.05) is 26.7 Å². The Morgan fingerprint density at radius 1 is 0.821 bits per heavy atom. The number of hydrogen-bond acceptors (Lipinski definition) is 2. The lowest BCUT2D eigenvalue weighted by atomic mass is 10.0. The van der Waals surface area contributed by atoms with Crippen LogP contribution in [0.1, 0.15) is 103 Å². The number of aromatic nitrogens is 2. The molecule has 1 aromatic rings. The summed E-state index contributed by atoms with van der Waals surface area (Å²) in [6.07, 6.45) is 23.2. The van der Waals surface area contributed by atoms with Crippen LogP contribution in [0.5, 0.6) is 0 Å². The normalized spacial score (nSPS) is 13.2. The first kappa shape index (κ1) is 27.4. The van der Waals surface area contributed by atoms with Gasteiger partial charge >= 0.3 is 0 Å². The molecular formula is C23H46ClN3O. The molecule has 0 saturated heterocycles. The Kier molecular flexibility index (Phi) is 18.1. The number of aliphatic hydroxyl groups is 1. The van der Waals surface area contributed by atoms with Crippen molar-refractivity contribution in [1.82, 2.24) is 9.97 Å². The highest BCUT2D eigenvalue weighted by molar-refractivity contribution is 4.91. The van der Waals surface area contributed by atoms with Crippen LogP contribution in [0.15, 0.2) is 12.5 Å². The number of likely N-dealkylation sites (N-methyl/N-ethyl adjacent to an activating group) is 1. The Hall–Kier alpha value is -0.580. The van der Waals surface area contributed by atoms with Gasteiger partial charge in [-0.05, 0) is 12.8 Å². The molecule has 166 valence electrons. The number of hydrogen-bond donors (Lipinski definition) is 2. The molecule has 4 nitrogen and oxygen atoms in total. The van der Waals surface area contributed by atoms with E-state index in [2.05, 4.69) is 23.9 Å². The number of quaternary nitrogens is 1.